The number of nitrogens with zero attached hydrogens (tertiary/aromatic N) is 2. The molecule has 0 aliphatic heterocycles. The van der Waals surface area contributed by atoms with E-state index < -0.39 is 15.4 Å². The Hall–Kier alpha value is -2.98. The second-order valence-corrected chi connectivity index (χ2v) is 10.3. The molecule has 8 nitrogen and oxygen atoms in total. The number of hydrogen-bond donors (Lipinski definition) is 2. The summed E-state index contributed by atoms with van der Waals surface area (Å²) in [6, 6.07) is 12.7. The van der Waals surface area contributed by atoms with E-state index in [0.29, 0.717) is 11.3 Å². The molecular formula is C19H18N4O4S2. The van der Waals surface area contributed by atoms with Gasteiger partial charge in [0, 0.05) is 22.3 Å². The summed E-state index contributed by atoms with van der Waals surface area (Å²) in [5.74, 6) is -0.277. The lowest BCUT2D eigenvalue weighted by Crippen LogP contribution is -2.27. The normalized spacial score (nSPS) is 12.4. The van der Waals surface area contributed by atoms with Gasteiger partial charge in [-0.25, -0.2) is 0 Å². The molecule has 4 rings (SSSR count). The Kier molecular flexibility index (Phi) is 4.55. The lowest BCUT2D eigenvalue weighted by molar-refractivity contribution is -0.123. The van der Waals surface area contributed by atoms with Crippen LogP contribution in [0.4, 0.5) is 10.8 Å². The number of aromatic nitrogens is 2. The second-order valence-electron chi connectivity index (χ2n) is 7.49. The van der Waals surface area contributed by atoms with Gasteiger partial charge in [0.05, 0.1) is 5.69 Å². The summed E-state index contributed by atoms with van der Waals surface area (Å²) >= 11 is 0.783. The number of rotatable bonds is 4. The molecule has 2 aromatic carbocycles. The van der Waals surface area contributed by atoms with Gasteiger partial charge in [0.2, 0.25) is 11.0 Å². The summed E-state index contributed by atoms with van der Waals surface area (Å²) in [6.45, 7) is 5.24. The molecule has 1 amide bonds. The van der Waals surface area contributed by atoms with Gasteiger partial charge in [0.1, 0.15) is 11.2 Å². The number of carbonyl (C=O) groups is 1. The lowest BCUT2D eigenvalue weighted by atomic mass is 9.96. The predicted octanol–water partition coefficient (Wildman–Crippen LogP) is 4.22. The molecule has 0 aliphatic carbocycles. The number of benzene rings is 2. The average molecular weight is 431 g/mol. The maximum Gasteiger partial charge on any atom is 0.291 e. The molecule has 29 heavy (non-hydrogen) atoms. The van der Waals surface area contributed by atoms with Crippen molar-refractivity contribution in [2.24, 2.45) is 5.41 Å². The molecule has 2 N–H and O–H groups in total. The van der Waals surface area contributed by atoms with Crippen molar-refractivity contribution in [3.05, 3.63) is 42.5 Å². The highest BCUT2D eigenvalue weighted by atomic mass is 32.2. The standard InChI is InChI=1S/C19H18N4O4S2/c1-19(2,3)16(24)20-17-21-22-18(28-17)29(25,26)23-11-8-9-13-12-6-4-5-7-14(12)27-15(13)10-11/h4-10,23H,1-3H3,(H,20,21,24). The smallest absolute Gasteiger partial charge is 0.291 e. The molecule has 0 saturated carbocycles. The molecule has 150 valence electrons. The number of furan rings is 1. The first-order valence-electron chi connectivity index (χ1n) is 8.72. The highest BCUT2D eigenvalue weighted by molar-refractivity contribution is 7.94. The van der Waals surface area contributed by atoms with Crippen molar-refractivity contribution in [3.8, 4) is 0 Å². The van der Waals surface area contributed by atoms with Gasteiger partial charge < -0.3 is 9.73 Å². The van der Waals surface area contributed by atoms with E-state index >= 15 is 0 Å². The minimum atomic E-state index is -3.96. The fraction of sp³-hybridized carbons (Fsp3) is 0.211. The molecule has 4 aromatic rings. The maximum absolute atomic E-state index is 12.7. The second kappa shape index (κ2) is 6.82. The first-order valence-corrected chi connectivity index (χ1v) is 11.0. The van der Waals surface area contributed by atoms with E-state index in [-0.39, 0.29) is 15.4 Å². The summed E-state index contributed by atoms with van der Waals surface area (Å²) in [5.41, 5.74) is 1.00. The topological polar surface area (TPSA) is 114 Å². The molecule has 2 aromatic heterocycles. The van der Waals surface area contributed by atoms with Gasteiger partial charge >= 0.3 is 0 Å². The Morgan fingerprint density at radius 3 is 2.52 bits per heavy atom. The molecule has 0 atom stereocenters. The molecule has 0 fully saturated rings. The van der Waals surface area contributed by atoms with Crippen molar-refractivity contribution >= 4 is 60.0 Å². The Morgan fingerprint density at radius 2 is 1.76 bits per heavy atom. The summed E-state index contributed by atoms with van der Waals surface area (Å²) in [5, 5.41) is 12.0. The van der Waals surface area contributed by atoms with Gasteiger partial charge in [-0.2, -0.15) is 8.42 Å². The van der Waals surface area contributed by atoms with Gasteiger partial charge in [-0.1, -0.05) is 50.3 Å². The highest BCUT2D eigenvalue weighted by Crippen LogP contribution is 2.31. The average Bonchev–Trinajstić information content (AvgIpc) is 3.25. The number of amides is 1. The van der Waals surface area contributed by atoms with E-state index in [1.54, 1.807) is 39.0 Å². The number of fused-ring (bicyclic) bond motifs is 3. The molecule has 0 unspecified atom stereocenters. The third-order valence-corrected chi connectivity index (χ3v) is 6.76. The number of carbonyl (C=O) groups excluding carboxylic acids is 1. The van der Waals surface area contributed by atoms with Crippen LogP contribution in [0.2, 0.25) is 0 Å². The number of sulfonamides is 1. The molecule has 2 heterocycles. The van der Waals surface area contributed by atoms with Crippen molar-refractivity contribution in [1.82, 2.24) is 10.2 Å². The first kappa shape index (κ1) is 19.3. The zero-order valence-corrected chi connectivity index (χ0v) is 17.5. The predicted molar refractivity (Wildman–Crippen MR) is 113 cm³/mol. The summed E-state index contributed by atoms with van der Waals surface area (Å²) in [4.78, 5) is 12.0. The maximum atomic E-state index is 12.7. The van der Waals surface area contributed by atoms with E-state index in [1.807, 2.05) is 24.3 Å². The van der Waals surface area contributed by atoms with E-state index in [4.69, 9.17) is 4.42 Å². The molecule has 0 saturated heterocycles. The van der Waals surface area contributed by atoms with Gasteiger partial charge in [-0.05, 0) is 18.2 Å². The van der Waals surface area contributed by atoms with Crippen molar-refractivity contribution in [1.29, 1.82) is 0 Å². The number of nitrogens with one attached hydrogen (secondary N) is 2. The Labute approximate surface area is 171 Å². The summed E-state index contributed by atoms with van der Waals surface area (Å²) in [6.07, 6.45) is 0. The van der Waals surface area contributed by atoms with Crippen LogP contribution in [0.5, 0.6) is 0 Å². The van der Waals surface area contributed by atoms with Crippen molar-refractivity contribution < 1.29 is 17.6 Å². The first-order chi connectivity index (χ1) is 13.6. The quantitative estimate of drug-likeness (QED) is 0.469. The van der Waals surface area contributed by atoms with E-state index in [9.17, 15) is 13.2 Å². The highest BCUT2D eigenvalue weighted by Gasteiger charge is 2.25. The van der Waals surface area contributed by atoms with Crippen LogP contribution in [-0.2, 0) is 14.8 Å². The SMILES string of the molecule is CC(C)(C)C(=O)Nc1nnc(S(=O)(=O)Nc2ccc3c(c2)oc2ccccc23)s1. The largest absolute Gasteiger partial charge is 0.456 e. The van der Waals surface area contributed by atoms with Crippen molar-refractivity contribution in [2.75, 3.05) is 10.0 Å². The minimum absolute atomic E-state index is 0.123. The molecule has 0 bridgehead atoms. The van der Waals surface area contributed by atoms with Crippen LogP contribution in [-0.4, -0.2) is 24.5 Å². The van der Waals surface area contributed by atoms with E-state index in [1.165, 1.54) is 0 Å². The van der Waals surface area contributed by atoms with Gasteiger partial charge in [0.15, 0.2) is 0 Å². The minimum Gasteiger partial charge on any atom is -0.456 e. The van der Waals surface area contributed by atoms with Crippen LogP contribution < -0.4 is 10.0 Å². The third kappa shape index (κ3) is 3.81. The van der Waals surface area contributed by atoms with Crippen LogP contribution in [0.15, 0.2) is 51.2 Å². The van der Waals surface area contributed by atoms with Crippen LogP contribution in [0, 0.1) is 5.41 Å². The van der Waals surface area contributed by atoms with Crippen LogP contribution in [0.1, 0.15) is 20.8 Å². The van der Waals surface area contributed by atoms with Crippen LogP contribution in [0.3, 0.4) is 0 Å². The summed E-state index contributed by atoms with van der Waals surface area (Å²) in [7, 11) is -3.96. The Bertz CT molecular complexity index is 1330. The number of para-hydroxylation sites is 1. The van der Waals surface area contributed by atoms with Gasteiger partial charge in [-0.3, -0.25) is 9.52 Å². The van der Waals surface area contributed by atoms with Crippen LogP contribution >= 0.6 is 11.3 Å². The lowest BCUT2D eigenvalue weighted by Gasteiger charge is -2.15. The zero-order chi connectivity index (χ0) is 20.8. The monoisotopic (exact) mass is 430 g/mol. The number of anilines is 2. The third-order valence-electron chi connectivity index (χ3n) is 4.17. The van der Waals surface area contributed by atoms with E-state index in [0.717, 1.165) is 27.7 Å². The van der Waals surface area contributed by atoms with Crippen LogP contribution in [0.25, 0.3) is 21.9 Å². The Morgan fingerprint density at radius 1 is 1.03 bits per heavy atom. The fourth-order valence-corrected chi connectivity index (χ4v) is 4.59. The van der Waals surface area contributed by atoms with Crippen molar-refractivity contribution in [3.63, 3.8) is 0 Å². The summed E-state index contributed by atoms with van der Waals surface area (Å²) < 4.78 is 33.3. The number of hydrogen-bond acceptors (Lipinski definition) is 7. The molecule has 10 heteroatoms. The molecule has 0 spiro atoms. The fourth-order valence-electron chi connectivity index (χ4n) is 2.64. The molecule has 0 radical (unpaired) electrons. The molecule has 0 aliphatic rings. The molecular weight excluding hydrogens is 412 g/mol. The van der Waals surface area contributed by atoms with E-state index in [2.05, 4.69) is 20.2 Å². The van der Waals surface area contributed by atoms with Crippen molar-refractivity contribution in [2.45, 2.75) is 25.1 Å². The van der Waals surface area contributed by atoms with Gasteiger partial charge in [0.25, 0.3) is 14.4 Å². The zero-order valence-electron chi connectivity index (χ0n) is 15.9. The van der Waals surface area contributed by atoms with Gasteiger partial charge in [-0.15, -0.1) is 10.2 Å². The Balaban J connectivity index is 1.59.